The smallest absolute Gasteiger partial charge is 0.162 e. The maximum atomic E-state index is 13.6. The number of carbonyl (C=O) groups excluding carboxylic acids is 1. The van der Waals surface area contributed by atoms with Crippen molar-refractivity contribution in [1.29, 1.82) is 0 Å². The summed E-state index contributed by atoms with van der Waals surface area (Å²) in [7, 11) is 0. The quantitative estimate of drug-likeness (QED) is 0.364. The van der Waals surface area contributed by atoms with Gasteiger partial charge in [0.15, 0.2) is 5.78 Å². The van der Waals surface area contributed by atoms with Gasteiger partial charge in [-0.1, -0.05) is 86.6 Å². The average Bonchev–Trinajstić information content (AvgIpc) is 2.76. The molecule has 0 saturated carbocycles. The highest BCUT2D eigenvalue weighted by Gasteiger charge is 2.41. The van der Waals surface area contributed by atoms with Crippen LogP contribution in [0.5, 0.6) is 0 Å². The van der Waals surface area contributed by atoms with Gasteiger partial charge in [0, 0.05) is 29.3 Å². The number of anilines is 1. The lowest BCUT2D eigenvalue weighted by Crippen LogP contribution is -2.34. The Morgan fingerprint density at radius 1 is 0.774 bits per heavy atom. The second-order valence-electron chi connectivity index (χ2n) is 9.71. The normalized spacial score (nSPS) is 19.8. The predicted molar refractivity (Wildman–Crippen MR) is 128 cm³/mol. The van der Waals surface area contributed by atoms with Crippen molar-refractivity contribution in [2.24, 2.45) is 5.41 Å². The first-order valence-electron chi connectivity index (χ1n) is 11.0. The van der Waals surface area contributed by atoms with Gasteiger partial charge in [0.2, 0.25) is 0 Å². The van der Waals surface area contributed by atoms with Crippen LogP contribution in [0.2, 0.25) is 0 Å². The summed E-state index contributed by atoms with van der Waals surface area (Å²) in [6, 6.07) is 27.9. The topological polar surface area (TPSA) is 29.1 Å². The molecule has 4 aromatic carbocycles. The summed E-state index contributed by atoms with van der Waals surface area (Å²) in [5.41, 5.74) is 5.60. The summed E-state index contributed by atoms with van der Waals surface area (Å²) >= 11 is 0. The minimum Gasteiger partial charge on any atom is -0.358 e. The van der Waals surface area contributed by atoms with Crippen LogP contribution in [0.1, 0.15) is 43.7 Å². The second-order valence-corrected chi connectivity index (χ2v) is 9.71. The number of ketones is 1. The Kier molecular flexibility index (Phi) is 3.89. The molecule has 0 unspecified atom stereocenters. The first-order chi connectivity index (χ1) is 15.0. The number of hydrogen-bond acceptors (Lipinski definition) is 2. The molecule has 0 amide bonds. The third kappa shape index (κ3) is 2.82. The Hall–Kier alpha value is -3.39. The maximum absolute atomic E-state index is 13.6. The minimum atomic E-state index is -0.0629. The van der Waals surface area contributed by atoms with E-state index in [9.17, 15) is 4.79 Å². The van der Waals surface area contributed by atoms with Crippen molar-refractivity contribution in [1.82, 2.24) is 0 Å². The SMILES string of the molecule is CC1(C)CC(=O)C2=C(C1)Nc1ccc3ccccc3c1[C@H]2c1cccc2ccccc12. The van der Waals surface area contributed by atoms with Crippen LogP contribution < -0.4 is 5.32 Å². The lowest BCUT2D eigenvalue weighted by Gasteiger charge is -2.40. The van der Waals surface area contributed by atoms with Gasteiger partial charge < -0.3 is 5.32 Å². The van der Waals surface area contributed by atoms with E-state index in [1.807, 2.05) is 0 Å². The Morgan fingerprint density at radius 2 is 1.45 bits per heavy atom. The number of rotatable bonds is 1. The van der Waals surface area contributed by atoms with Gasteiger partial charge in [0.05, 0.1) is 0 Å². The molecule has 0 radical (unpaired) electrons. The highest BCUT2D eigenvalue weighted by atomic mass is 16.1. The van der Waals surface area contributed by atoms with Crippen molar-refractivity contribution in [3.63, 3.8) is 0 Å². The first kappa shape index (κ1) is 18.4. The van der Waals surface area contributed by atoms with E-state index in [0.29, 0.717) is 6.42 Å². The van der Waals surface area contributed by atoms with E-state index in [2.05, 4.69) is 98.0 Å². The van der Waals surface area contributed by atoms with Crippen molar-refractivity contribution in [2.75, 3.05) is 5.32 Å². The second kappa shape index (κ2) is 6.55. The van der Waals surface area contributed by atoms with Gasteiger partial charge in [-0.15, -0.1) is 0 Å². The van der Waals surface area contributed by atoms with Crippen molar-refractivity contribution in [2.45, 2.75) is 32.6 Å². The Morgan fingerprint density at radius 3 is 2.26 bits per heavy atom. The van der Waals surface area contributed by atoms with Crippen LogP contribution in [0.25, 0.3) is 21.5 Å². The van der Waals surface area contributed by atoms with Crippen LogP contribution in [0.4, 0.5) is 5.69 Å². The molecular weight excluding hydrogens is 378 g/mol. The number of Topliss-reactive ketones (excluding diaryl/α,β-unsaturated/α-hetero) is 1. The third-order valence-corrected chi connectivity index (χ3v) is 6.89. The van der Waals surface area contributed by atoms with Gasteiger partial charge in [-0.3, -0.25) is 4.79 Å². The average molecular weight is 404 g/mol. The summed E-state index contributed by atoms with van der Waals surface area (Å²) in [6.07, 6.45) is 1.48. The van der Waals surface area contributed by atoms with Crippen molar-refractivity contribution < 1.29 is 4.79 Å². The molecule has 2 heteroatoms. The van der Waals surface area contributed by atoms with Crippen molar-refractivity contribution in [3.05, 3.63) is 101 Å². The molecule has 6 rings (SSSR count). The summed E-state index contributed by atoms with van der Waals surface area (Å²) in [5.74, 6) is 0.210. The summed E-state index contributed by atoms with van der Waals surface area (Å²) in [6.45, 7) is 4.39. The lowest BCUT2D eigenvalue weighted by atomic mass is 9.67. The van der Waals surface area contributed by atoms with Crippen LogP contribution in [0.15, 0.2) is 90.1 Å². The molecule has 31 heavy (non-hydrogen) atoms. The maximum Gasteiger partial charge on any atom is 0.162 e. The van der Waals surface area contributed by atoms with Crippen molar-refractivity contribution in [3.8, 4) is 0 Å². The van der Waals surface area contributed by atoms with Gasteiger partial charge in [-0.05, 0) is 50.6 Å². The van der Waals surface area contributed by atoms with Gasteiger partial charge >= 0.3 is 0 Å². The summed E-state index contributed by atoms with van der Waals surface area (Å²) in [4.78, 5) is 13.6. The molecule has 2 aliphatic rings. The Bertz CT molecular complexity index is 1400. The molecule has 0 spiro atoms. The molecule has 1 atom stereocenters. The van der Waals surface area contributed by atoms with Crippen LogP contribution in [0.3, 0.4) is 0 Å². The van der Waals surface area contributed by atoms with E-state index in [0.717, 1.165) is 23.4 Å². The van der Waals surface area contributed by atoms with E-state index in [1.54, 1.807) is 0 Å². The molecular formula is C29H25NO. The molecule has 0 fully saturated rings. The number of benzene rings is 4. The minimum absolute atomic E-state index is 0.0272. The van der Waals surface area contributed by atoms with Crippen molar-refractivity contribution >= 4 is 33.0 Å². The summed E-state index contributed by atoms with van der Waals surface area (Å²) < 4.78 is 0. The lowest BCUT2D eigenvalue weighted by molar-refractivity contribution is -0.118. The van der Waals surface area contributed by atoms with Gasteiger partial charge in [0.1, 0.15) is 0 Å². The van der Waals surface area contributed by atoms with Crippen LogP contribution >= 0.6 is 0 Å². The molecule has 4 aromatic rings. The highest BCUT2D eigenvalue weighted by molar-refractivity contribution is 6.05. The fourth-order valence-corrected chi connectivity index (χ4v) is 5.62. The standard InChI is InChI=1S/C29H25NO/c1-29(2)16-24-28(25(31)17-29)27(22-13-7-10-18-8-3-5-11-20(18)22)26-21-12-6-4-9-19(21)14-15-23(26)30-24/h3-15,27,30H,16-17H2,1-2H3/t27-/m1/s1. The van der Waals surface area contributed by atoms with E-state index in [1.165, 1.54) is 32.7 Å². The van der Waals surface area contributed by atoms with Crippen LogP contribution in [0, 0.1) is 5.41 Å². The largest absolute Gasteiger partial charge is 0.358 e. The van der Waals surface area contributed by atoms with Crippen LogP contribution in [-0.2, 0) is 4.79 Å². The van der Waals surface area contributed by atoms with Gasteiger partial charge in [-0.25, -0.2) is 0 Å². The van der Waals surface area contributed by atoms with Gasteiger partial charge in [0.25, 0.3) is 0 Å². The highest BCUT2D eigenvalue weighted by Crippen LogP contribution is 2.51. The Labute approximate surface area is 182 Å². The number of hydrogen-bond donors (Lipinski definition) is 1. The summed E-state index contributed by atoms with van der Waals surface area (Å²) in [5, 5.41) is 8.55. The van der Waals surface area contributed by atoms with E-state index in [-0.39, 0.29) is 17.1 Å². The molecule has 152 valence electrons. The molecule has 2 nitrogen and oxygen atoms in total. The monoisotopic (exact) mass is 403 g/mol. The predicted octanol–water partition coefficient (Wildman–Crippen LogP) is 7.19. The number of fused-ring (bicyclic) bond motifs is 4. The van der Waals surface area contributed by atoms with E-state index >= 15 is 0 Å². The molecule has 0 saturated heterocycles. The molecule has 1 aliphatic heterocycles. The fraction of sp³-hybridized carbons (Fsp3) is 0.207. The van der Waals surface area contributed by atoms with E-state index in [4.69, 9.17) is 0 Å². The zero-order valence-electron chi connectivity index (χ0n) is 17.9. The zero-order valence-corrected chi connectivity index (χ0v) is 17.9. The molecule has 1 heterocycles. The first-order valence-corrected chi connectivity index (χ1v) is 11.0. The third-order valence-electron chi connectivity index (χ3n) is 6.89. The molecule has 1 aliphatic carbocycles. The Balaban J connectivity index is 1.72. The molecule has 0 aromatic heterocycles. The van der Waals surface area contributed by atoms with E-state index < -0.39 is 0 Å². The van der Waals surface area contributed by atoms with Crippen LogP contribution in [-0.4, -0.2) is 5.78 Å². The van der Waals surface area contributed by atoms with Gasteiger partial charge in [-0.2, -0.15) is 0 Å². The molecule has 1 N–H and O–H groups in total. The number of carbonyl (C=O) groups is 1. The zero-order chi connectivity index (χ0) is 21.2. The number of nitrogens with one attached hydrogen (secondary N) is 1. The molecule has 0 bridgehead atoms. The fourth-order valence-electron chi connectivity index (χ4n) is 5.62. The number of allylic oxidation sites excluding steroid dienone is 2.